The highest BCUT2D eigenvalue weighted by Gasteiger charge is 2.29. The molecule has 4 aromatic rings. The van der Waals surface area contributed by atoms with Crippen LogP contribution in [-0.2, 0) is 13.5 Å². The molecule has 5 heteroatoms. The Balaban J connectivity index is 1.97. The van der Waals surface area contributed by atoms with E-state index in [1.807, 2.05) is 39.6 Å². The summed E-state index contributed by atoms with van der Waals surface area (Å²) in [4.78, 5) is 8.48. The SMILES string of the molecule is [2H]C([2H])([2H])[n+]1c2ncccc2n2cc3n(c21)Cc1ccncc1-3. The van der Waals surface area contributed by atoms with Gasteiger partial charge in [0, 0.05) is 18.0 Å². The minimum Gasteiger partial charge on any atom is -0.264 e. The van der Waals surface area contributed by atoms with Crippen molar-refractivity contribution in [1.29, 1.82) is 0 Å². The fourth-order valence-electron chi connectivity index (χ4n) is 3.07. The molecule has 0 saturated carbocycles. The van der Waals surface area contributed by atoms with E-state index in [4.69, 9.17) is 4.11 Å². The number of aromatic nitrogens is 5. The molecule has 1 aliphatic rings. The van der Waals surface area contributed by atoms with E-state index in [1.54, 1.807) is 12.4 Å². The maximum atomic E-state index is 7.93. The van der Waals surface area contributed by atoms with E-state index in [-0.39, 0.29) is 0 Å². The lowest BCUT2D eigenvalue weighted by atomic mass is 10.1. The number of aryl methyl sites for hydroxylation is 1. The zero-order valence-electron chi connectivity index (χ0n) is 13.5. The third kappa shape index (κ3) is 1.02. The number of hydrogen-bond donors (Lipinski definition) is 0. The lowest BCUT2D eigenvalue weighted by Gasteiger charge is -1.94. The van der Waals surface area contributed by atoms with Gasteiger partial charge in [-0.15, -0.1) is 4.98 Å². The summed E-state index contributed by atoms with van der Waals surface area (Å²) >= 11 is 0. The van der Waals surface area contributed by atoms with Gasteiger partial charge in [-0.05, 0) is 23.8 Å². The molecule has 0 N–H and O–H groups in total. The van der Waals surface area contributed by atoms with E-state index in [0.717, 1.165) is 22.3 Å². The van der Waals surface area contributed by atoms with Crippen molar-refractivity contribution < 1.29 is 8.68 Å². The first kappa shape index (κ1) is 7.79. The Labute approximate surface area is 119 Å². The molecule has 0 unspecified atom stereocenters. The van der Waals surface area contributed by atoms with Crippen LogP contribution in [0.1, 0.15) is 9.68 Å². The molecule has 0 aliphatic carbocycles. The van der Waals surface area contributed by atoms with Gasteiger partial charge in [0.2, 0.25) is 0 Å². The Hall–Kier alpha value is -2.69. The number of nitrogens with zero attached hydrogens (tertiary/aromatic N) is 5. The highest BCUT2D eigenvalue weighted by atomic mass is 15.3. The van der Waals surface area contributed by atoms with Crippen molar-refractivity contribution in [2.75, 3.05) is 0 Å². The average molecular weight is 265 g/mol. The minimum absolute atomic E-state index is 0.465. The van der Waals surface area contributed by atoms with E-state index in [1.165, 1.54) is 4.57 Å². The van der Waals surface area contributed by atoms with E-state index < -0.39 is 6.98 Å². The van der Waals surface area contributed by atoms with Crippen molar-refractivity contribution in [2.45, 2.75) is 6.54 Å². The molecule has 0 fully saturated rings. The molecule has 5 nitrogen and oxygen atoms in total. The van der Waals surface area contributed by atoms with E-state index in [2.05, 4.69) is 9.97 Å². The number of pyridine rings is 2. The van der Waals surface area contributed by atoms with E-state index in [9.17, 15) is 0 Å². The second kappa shape index (κ2) is 3.25. The molecule has 0 spiro atoms. The summed E-state index contributed by atoms with van der Waals surface area (Å²) in [6, 6.07) is 5.67. The van der Waals surface area contributed by atoms with Gasteiger partial charge in [-0.25, -0.2) is 13.5 Å². The maximum absolute atomic E-state index is 7.93. The van der Waals surface area contributed by atoms with E-state index >= 15 is 0 Å². The standard InChI is InChI=1S/C15H12N5/c1-18-14-12(3-2-5-17-14)20-9-13-11-7-16-6-4-10(11)8-19(13)15(18)20/h2-7,9H,8H2,1H3/q+1/i1D3. The molecule has 0 bridgehead atoms. The highest BCUT2D eigenvalue weighted by Crippen LogP contribution is 2.33. The fourth-order valence-corrected chi connectivity index (χ4v) is 3.07. The van der Waals surface area contributed by atoms with Crippen molar-refractivity contribution in [3.63, 3.8) is 0 Å². The van der Waals surface area contributed by atoms with Crippen LogP contribution < -0.4 is 4.57 Å². The quantitative estimate of drug-likeness (QED) is 0.398. The summed E-state index contributed by atoms with van der Waals surface area (Å²) in [6.07, 6.45) is 7.17. The van der Waals surface area contributed by atoms with Crippen LogP contribution in [0, 0.1) is 0 Å². The van der Waals surface area contributed by atoms with Crippen molar-refractivity contribution in [3.05, 3.63) is 48.5 Å². The first-order chi connectivity index (χ1) is 11.1. The summed E-state index contributed by atoms with van der Waals surface area (Å²) in [7, 11) is 0. The third-order valence-corrected chi connectivity index (χ3v) is 3.95. The molecule has 5 heterocycles. The zero-order chi connectivity index (χ0) is 15.8. The lowest BCUT2D eigenvalue weighted by molar-refractivity contribution is -0.623. The predicted octanol–water partition coefficient (Wildman–Crippen LogP) is 1.54. The molecular formula is C15H12N5+. The van der Waals surface area contributed by atoms with Crippen LogP contribution in [0.3, 0.4) is 0 Å². The van der Waals surface area contributed by atoms with Crippen LogP contribution in [0.5, 0.6) is 0 Å². The summed E-state index contributed by atoms with van der Waals surface area (Å²) < 4.78 is 29.1. The molecule has 0 atom stereocenters. The molecule has 5 rings (SSSR count). The normalized spacial score (nSPS) is 15.9. The Morgan fingerprint density at radius 2 is 2.35 bits per heavy atom. The van der Waals surface area contributed by atoms with Crippen molar-refractivity contribution >= 4 is 16.9 Å². The van der Waals surface area contributed by atoms with Gasteiger partial charge in [0.1, 0.15) is 5.69 Å². The van der Waals surface area contributed by atoms with Crippen LogP contribution in [0.15, 0.2) is 43.0 Å². The van der Waals surface area contributed by atoms with Gasteiger partial charge >= 0.3 is 5.78 Å². The van der Waals surface area contributed by atoms with Crippen molar-refractivity contribution in [3.8, 4) is 11.3 Å². The van der Waals surface area contributed by atoms with Gasteiger partial charge in [0.15, 0.2) is 5.52 Å². The molecule has 0 amide bonds. The summed E-state index contributed by atoms with van der Waals surface area (Å²) in [6.45, 7) is -1.67. The van der Waals surface area contributed by atoms with Gasteiger partial charge in [0.05, 0.1) is 30.0 Å². The highest BCUT2D eigenvalue weighted by molar-refractivity contribution is 5.76. The van der Waals surface area contributed by atoms with Crippen molar-refractivity contribution in [2.24, 2.45) is 6.98 Å². The van der Waals surface area contributed by atoms with Crippen molar-refractivity contribution in [1.82, 2.24) is 18.9 Å². The molecule has 0 radical (unpaired) electrons. The third-order valence-electron chi connectivity index (χ3n) is 3.95. The smallest absolute Gasteiger partial charge is 0.264 e. The molecular weight excluding hydrogens is 250 g/mol. The van der Waals surface area contributed by atoms with Crippen LogP contribution in [0.25, 0.3) is 28.2 Å². The maximum Gasteiger partial charge on any atom is 0.329 e. The Morgan fingerprint density at radius 3 is 3.30 bits per heavy atom. The summed E-state index contributed by atoms with van der Waals surface area (Å²) in [5, 5.41) is 0. The van der Waals surface area contributed by atoms with Gasteiger partial charge in [-0.2, -0.15) is 0 Å². The first-order valence-electron chi connectivity index (χ1n) is 7.90. The minimum atomic E-state index is -2.30. The molecule has 20 heavy (non-hydrogen) atoms. The molecule has 0 saturated heterocycles. The van der Waals surface area contributed by atoms with Crippen LogP contribution >= 0.6 is 0 Å². The van der Waals surface area contributed by atoms with Gasteiger partial charge in [-0.3, -0.25) is 4.98 Å². The van der Waals surface area contributed by atoms with Gasteiger partial charge < -0.3 is 0 Å². The second-order valence-corrected chi connectivity index (χ2v) is 4.98. The van der Waals surface area contributed by atoms with Crippen LogP contribution in [-0.4, -0.2) is 18.9 Å². The number of imidazole rings is 2. The van der Waals surface area contributed by atoms with Gasteiger partial charge in [-0.1, -0.05) is 0 Å². The van der Waals surface area contributed by atoms with E-state index in [0.29, 0.717) is 18.0 Å². The summed E-state index contributed by atoms with van der Waals surface area (Å²) in [5.41, 5.74) is 4.42. The first-order valence-corrected chi connectivity index (χ1v) is 6.40. The number of fused-ring (bicyclic) bond motifs is 7. The molecule has 96 valence electrons. The monoisotopic (exact) mass is 265 g/mol. The second-order valence-electron chi connectivity index (χ2n) is 4.98. The summed E-state index contributed by atoms with van der Waals surface area (Å²) in [5.74, 6) is 0.616. The lowest BCUT2D eigenvalue weighted by Crippen LogP contribution is -2.30. The molecule has 4 aromatic heterocycles. The van der Waals surface area contributed by atoms with Gasteiger partial charge in [0.25, 0.3) is 5.65 Å². The fraction of sp³-hybridized carbons (Fsp3) is 0.133. The topological polar surface area (TPSA) is 39.0 Å². The predicted molar refractivity (Wildman–Crippen MR) is 74.2 cm³/mol. The number of hydrogen-bond acceptors (Lipinski definition) is 2. The zero-order valence-corrected chi connectivity index (χ0v) is 10.5. The van der Waals surface area contributed by atoms with Crippen LogP contribution in [0.2, 0.25) is 0 Å². The molecule has 0 aromatic carbocycles. The largest absolute Gasteiger partial charge is 0.329 e. The average Bonchev–Trinajstić information content (AvgIpc) is 3.13. The van der Waals surface area contributed by atoms with Crippen LogP contribution in [0.4, 0.5) is 0 Å². The molecule has 1 aliphatic heterocycles. The Bertz CT molecular complexity index is 1090. The number of rotatable bonds is 0. The Kier molecular flexibility index (Phi) is 1.27. The Morgan fingerprint density at radius 1 is 1.35 bits per heavy atom.